The molecule has 2 aliphatic rings. The fourth-order valence-corrected chi connectivity index (χ4v) is 4.90. The average Bonchev–Trinajstić information content (AvgIpc) is 3.71. The third-order valence-electron chi connectivity index (χ3n) is 7.10. The van der Waals surface area contributed by atoms with E-state index in [1.165, 1.54) is 17.7 Å². The molecule has 2 fully saturated rings. The van der Waals surface area contributed by atoms with Crippen molar-refractivity contribution in [1.29, 1.82) is 0 Å². The lowest BCUT2D eigenvalue weighted by Crippen LogP contribution is -2.35. The molecule has 3 heterocycles. The molecule has 2 aromatic heterocycles. The zero-order valence-corrected chi connectivity index (χ0v) is 20.6. The molecule has 184 valence electrons. The van der Waals surface area contributed by atoms with Gasteiger partial charge in [-0.25, -0.2) is 19.0 Å². The molecular weight excluding hydrogens is 455 g/mol. The maximum atomic E-state index is 13.3. The number of nitrogens with zero attached hydrogens (tertiary/aromatic N) is 6. The smallest absolute Gasteiger partial charge is 0.253 e. The lowest BCUT2D eigenvalue weighted by atomic mass is 10.2. The van der Waals surface area contributed by atoms with Crippen molar-refractivity contribution in [2.24, 2.45) is 0 Å². The van der Waals surface area contributed by atoms with Crippen LogP contribution in [0.3, 0.4) is 0 Å². The Balaban J connectivity index is 1.35. The summed E-state index contributed by atoms with van der Waals surface area (Å²) in [6, 6.07) is 14.1. The fraction of sp³-hybridized carbons (Fsp3) is 0.357. The van der Waals surface area contributed by atoms with Crippen LogP contribution in [0.1, 0.15) is 52.6 Å². The summed E-state index contributed by atoms with van der Waals surface area (Å²) in [7, 11) is 0. The zero-order chi connectivity index (χ0) is 24.8. The molecule has 1 saturated carbocycles. The number of hydrogen-bond donors (Lipinski definition) is 0. The van der Waals surface area contributed by atoms with E-state index < -0.39 is 0 Å². The second kappa shape index (κ2) is 9.00. The average molecular weight is 485 g/mol. The molecule has 4 aromatic rings. The molecule has 1 aliphatic carbocycles. The van der Waals surface area contributed by atoms with Crippen molar-refractivity contribution < 1.29 is 9.18 Å². The Labute approximate surface area is 209 Å². The molecule has 0 radical (unpaired) electrons. The van der Waals surface area contributed by atoms with Gasteiger partial charge < -0.3 is 9.80 Å². The molecule has 6 rings (SSSR count). The lowest BCUT2D eigenvalue weighted by Gasteiger charge is -2.24. The van der Waals surface area contributed by atoms with Crippen LogP contribution in [0, 0.1) is 19.7 Å². The molecule has 7 nitrogen and oxygen atoms in total. The highest BCUT2D eigenvalue weighted by Crippen LogP contribution is 2.40. The Morgan fingerprint density at radius 2 is 1.67 bits per heavy atom. The van der Waals surface area contributed by atoms with E-state index >= 15 is 0 Å². The normalized spacial score (nSPS) is 16.4. The summed E-state index contributed by atoms with van der Waals surface area (Å²) < 4.78 is 15.3. The Kier molecular flexibility index (Phi) is 5.66. The minimum absolute atomic E-state index is 0.0632. The van der Waals surface area contributed by atoms with Gasteiger partial charge in [0.15, 0.2) is 5.65 Å². The van der Waals surface area contributed by atoms with E-state index in [9.17, 15) is 9.18 Å². The van der Waals surface area contributed by atoms with Crippen LogP contribution in [0.15, 0.2) is 48.5 Å². The van der Waals surface area contributed by atoms with Gasteiger partial charge in [-0.3, -0.25) is 4.79 Å². The van der Waals surface area contributed by atoms with Crippen LogP contribution in [0.25, 0.3) is 16.7 Å². The highest BCUT2D eigenvalue weighted by molar-refractivity contribution is 5.94. The molecule has 0 atom stereocenters. The molecule has 1 amide bonds. The highest BCUT2D eigenvalue weighted by atomic mass is 19.1. The number of halogens is 1. The van der Waals surface area contributed by atoms with Crippen LogP contribution < -0.4 is 4.90 Å². The van der Waals surface area contributed by atoms with E-state index in [0.29, 0.717) is 31.1 Å². The summed E-state index contributed by atoms with van der Waals surface area (Å²) in [5.74, 6) is 1.79. The van der Waals surface area contributed by atoms with Crippen molar-refractivity contribution in [3.63, 3.8) is 0 Å². The van der Waals surface area contributed by atoms with Crippen LogP contribution in [0.5, 0.6) is 0 Å². The number of aryl methyl sites for hydroxylation is 2. The number of rotatable bonds is 4. The quantitative estimate of drug-likeness (QED) is 0.416. The number of hydrogen-bond acceptors (Lipinski definition) is 5. The first-order valence-electron chi connectivity index (χ1n) is 12.6. The van der Waals surface area contributed by atoms with E-state index in [1.807, 2.05) is 16.5 Å². The summed E-state index contributed by atoms with van der Waals surface area (Å²) in [4.78, 5) is 27.2. The summed E-state index contributed by atoms with van der Waals surface area (Å²) in [5, 5.41) is 5.84. The Morgan fingerprint density at radius 1 is 0.917 bits per heavy atom. The van der Waals surface area contributed by atoms with Gasteiger partial charge in [-0.1, -0.05) is 17.7 Å². The van der Waals surface area contributed by atoms with Gasteiger partial charge in [0, 0.05) is 37.7 Å². The van der Waals surface area contributed by atoms with Crippen molar-refractivity contribution in [1.82, 2.24) is 24.6 Å². The molecule has 8 heteroatoms. The highest BCUT2D eigenvalue weighted by Gasteiger charge is 2.31. The molecule has 0 spiro atoms. The SMILES string of the molecule is Cc1ccc(-n2nc(C)c3c(N4CCCN(C(=O)c5ccc(F)cc5)CC4)nc(C4CC4)nc32)cc1. The molecule has 2 aromatic carbocycles. The minimum atomic E-state index is -0.339. The van der Waals surface area contributed by atoms with E-state index in [4.69, 9.17) is 15.1 Å². The van der Waals surface area contributed by atoms with Gasteiger partial charge >= 0.3 is 0 Å². The number of carbonyl (C=O) groups excluding carboxylic acids is 1. The van der Waals surface area contributed by atoms with Gasteiger partial charge in [-0.15, -0.1) is 0 Å². The third-order valence-corrected chi connectivity index (χ3v) is 7.10. The van der Waals surface area contributed by atoms with Gasteiger partial charge in [-0.05, 0) is 69.5 Å². The van der Waals surface area contributed by atoms with Gasteiger partial charge in [0.2, 0.25) is 0 Å². The second-order valence-corrected chi connectivity index (χ2v) is 9.85. The van der Waals surface area contributed by atoms with E-state index in [1.54, 1.807) is 12.1 Å². The van der Waals surface area contributed by atoms with Gasteiger partial charge in [0.25, 0.3) is 5.91 Å². The van der Waals surface area contributed by atoms with Crippen LogP contribution in [0.2, 0.25) is 0 Å². The fourth-order valence-electron chi connectivity index (χ4n) is 4.90. The molecule has 36 heavy (non-hydrogen) atoms. The van der Waals surface area contributed by atoms with E-state index in [0.717, 1.165) is 59.9 Å². The predicted octanol–water partition coefficient (Wildman–Crippen LogP) is 4.80. The molecular formula is C28H29FN6O. The van der Waals surface area contributed by atoms with Crippen LogP contribution in [-0.2, 0) is 0 Å². The van der Waals surface area contributed by atoms with Crippen LogP contribution in [-0.4, -0.2) is 56.7 Å². The van der Waals surface area contributed by atoms with Crippen LogP contribution in [0.4, 0.5) is 10.2 Å². The molecule has 0 N–H and O–H groups in total. The van der Waals surface area contributed by atoms with Crippen molar-refractivity contribution in [2.75, 3.05) is 31.1 Å². The van der Waals surface area contributed by atoms with Crippen molar-refractivity contribution in [2.45, 2.75) is 39.0 Å². The predicted molar refractivity (Wildman–Crippen MR) is 137 cm³/mol. The molecule has 0 unspecified atom stereocenters. The Hall–Kier alpha value is -3.81. The number of amides is 1. The standard InChI is InChI=1S/C28H29FN6O/c1-18-4-12-23(13-5-18)35-27-24(19(2)32-35)26(30-25(31-27)20-6-7-20)33-14-3-15-34(17-16-33)28(36)21-8-10-22(29)11-9-21/h4-5,8-13,20H,3,6-7,14-17H2,1-2H3. The Morgan fingerprint density at radius 3 is 2.39 bits per heavy atom. The second-order valence-electron chi connectivity index (χ2n) is 9.85. The number of fused-ring (bicyclic) bond motifs is 1. The van der Waals surface area contributed by atoms with Crippen molar-refractivity contribution >= 4 is 22.8 Å². The summed E-state index contributed by atoms with van der Waals surface area (Å²) in [5.41, 5.74) is 4.43. The van der Waals surface area contributed by atoms with Crippen molar-refractivity contribution in [3.8, 4) is 5.69 Å². The maximum Gasteiger partial charge on any atom is 0.253 e. The minimum Gasteiger partial charge on any atom is -0.354 e. The Bertz CT molecular complexity index is 1430. The monoisotopic (exact) mass is 484 g/mol. The van der Waals surface area contributed by atoms with Gasteiger partial charge in [0.05, 0.1) is 16.8 Å². The topological polar surface area (TPSA) is 67.2 Å². The third kappa shape index (κ3) is 4.21. The van der Waals surface area contributed by atoms with Gasteiger partial charge in [0.1, 0.15) is 17.5 Å². The molecule has 0 bridgehead atoms. The molecule has 1 saturated heterocycles. The summed E-state index contributed by atoms with van der Waals surface area (Å²) >= 11 is 0. The van der Waals surface area contributed by atoms with Crippen LogP contribution >= 0.6 is 0 Å². The summed E-state index contributed by atoms with van der Waals surface area (Å²) in [6.45, 7) is 6.77. The first-order valence-corrected chi connectivity index (χ1v) is 12.6. The first kappa shape index (κ1) is 22.6. The van der Waals surface area contributed by atoms with Crippen molar-refractivity contribution in [3.05, 3.63) is 77.0 Å². The number of anilines is 1. The number of carbonyl (C=O) groups is 1. The van der Waals surface area contributed by atoms with Gasteiger partial charge in [-0.2, -0.15) is 5.10 Å². The lowest BCUT2D eigenvalue weighted by molar-refractivity contribution is 0.0767. The number of aromatic nitrogens is 4. The number of benzene rings is 2. The first-order chi connectivity index (χ1) is 17.5. The summed E-state index contributed by atoms with van der Waals surface area (Å²) in [6.07, 6.45) is 3.05. The van der Waals surface area contributed by atoms with E-state index in [-0.39, 0.29) is 11.7 Å². The zero-order valence-electron chi connectivity index (χ0n) is 20.6. The molecule has 1 aliphatic heterocycles. The van der Waals surface area contributed by atoms with E-state index in [2.05, 4.69) is 36.1 Å². The largest absolute Gasteiger partial charge is 0.354 e. The maximum absolute atomic E-state index is 13.3.